The third-order valence-corrected chi connectivity index (χ3v) is 24.6. The Kier molecular flexibility index (Phi) is 11.5. The highest BCUT2D eigenvalue weighted by Gasteiger charge is 2.62. The van der Waals surface area contributed by atoms with Crippen molar-refractivity contribution in [1.29, 1.82) is 0 Å². The molecular weight excluding hydrogens is 485 g/mol. The highest BCUT2D eigenvalue weighted by atomic mass is 28.4. The van der Waals surface area contributed by atoms with Gasteiger partial charge in [0, 0.05) is 10.3 Å². The lowest BCUT2D eigenvalue weighted by Crippen LogP contribution is -2.68. The Morgan fingerprint density at radius 2 is 0.971 bits per heavy atom. The van der Waals surface area contributed by atoms with Crippen molar-refractivity contribution >= 4 is 33.0 Å². The lowest BCUT2D eigenvalue weighted by Gasteiger charge is -2.60. The molecule has 0 rings (SSSR count). The zero-order chi connectivity index (χ0) is 27.7. The van der Waals surface area contributed by atoms with E-state index in [2.05, 4.69) is 121 Å². The molecule has 0 spiro atoms. The summed E-state index contributed by atoms with van der Waals surface area (Å²) in [5, 5.41) is -0.248. The monoisotopic (exact) mass is 548 g/mol. The van der Waals surface area contributed by atoms with E-state index in [4.69, 9.17) is 13.3 Å². The topological polar surface area (TPSA) is 27.7 Å². The number of hydrogen-bond acceptors (Lipinski definition) is 3. The van der Waals surface area contributed by atoms with Crippen LogP contribution in [0.5, 0.6) is 0 Å². The van der Waals surface area contributed by atoms with Crippen LogP contribution < -0.4 is 0 Å². The molecule has 0 aliphatic rings. The van der Waals surface area contributed by atoms with Crippen molar-refractivity contribution in [3.63, 3.8) is 0 Å². The van der Waals surface area contributed by atoms with Gasteiger partial charge in [-0.2, -0.15) is 0 Å². The Balaban J connectivity index is 6.71. The van der Waals surface area contributed by atoms with Crippen molar-refractivity contribution in [1.82, 2.24) is 0 Å². The van der Waals surface area contributed by atoms with Crippen molar-refractivity contribution in [2.75, 3.05) is 0 Å². The Morgan fingerprint density at radius 1 is 0.529 bits per heavy atom. The Labute approximate surface area is 219 Å². The standard InChI is InChI=1S/C27H64O3Si4/c1-19-24(6,28-33(16,17)27(9,22-4)29-32(13,14)15)25(7,20-2)34(18,23-5)30-26(8,21-3)31(10,11)12/h19-23H2,1-18H3/t24-,25-,26+,27?,34?/m1/s1. The molecule has 34 heavy (non-hydrogen) atoms. The predicted octanol–water partition coefficient (Wildman–Crippen LogP) is 9.76. The number of rotatable bonds is 15. The summed E-state index contributed by atoms with van der Waals surface area (Å²) in [4.78, 5) is 0. The molecule has 0 aromatic carbocycles. The quantitative estimate of drug-likeness (QED) is 0.191. The van der Waals surface area contributed by atoms with Crippen LogP contribution in [-0.4, -0.2) is 49.1 Å². The van der Waals surface area contributed by atoms with Crippen LogP contribution in [0.1, 0.15) is 88.0 Å². The lowest BCUT2D eigenvalue weighted by atomic mass is 9.85. The van der Waals surface area contributed by atoms with Crippen molar-refractivity contribution < 1.29 is 13.3 Å². The van der Waals surface area contributed by atoms with Gasteiger partial charge in [-0.1, -0.05) is 61.2 Å². The first kappa shape index (κ1) is 34.7. The predicted molar refractivity (Wildman–Crippen MR) is 164 cm³/mol. The fourth-order valence-electron chi connectivity index (χ4n) is 5.68. The molecule has 0 saturated heterocycles. The van der Waals surface area contributed by atoms with Gasteiger partial charge >= 0.3 is 0 Å². The molecule has 0 bridgehead atoms. The summed E-state index contributed by atoms with van der Waals surface area (Å²) in [6, 6.07) is 1.11. The summed E-state index contributed by atoms with van der Waals surface area (Å²) in [5.41, 5.74) is -0.262. The zero-order valence-electron chi connectivity index (χ0n) is 26.8. The summed E-state index contributed by atoms with van der Waals surface area (Å²) in [7, 11) is -7.74. The van der Waals surface area contributed by atoms with Gasteiger partial charge in [-0.3, -0.25) is 0 Å². The van der Waals surface area contributed by atoms with E-state index in [9.17, 15) is 0 Å². The summed E-state index contributed by atoms with van der Waals surface area (Å²) in [5.74, 6) is 0. The Bertz CT molecular complexity index is 659. The first-order chi connectivity index (χ1) is 14.9. The van der Waals surface area contributed by atoms with Gasteiger partial charge in [-0.05, 0) is 91.8 Å². The van der Waals surface area contributed by atoms with Crippen LogP contribution in [0.2, 0.25) is 70.0 Å². The van der Waals surface area contributed by atoms with Crippen molar-refractivity contribution in [3.05, 3.63) is 0 Å². The number of hydrogen-bond donors (Lipinski definition) is 0. The lowest BCUT2D eigenvalue weighted by molar-refractivity contribution is -0.0125. The summed E-state index contributed by atoms with van der Waals surface area (Å²) >= 11 is 0. The molecule has 2 unspecified atom stereocenters. The van der Waals surface area contributed by atoms with E-state index in [1.54, 1.807) is 0 Å². The van der Waals surface area contributed by atoms with Gasteiger partial charge in [0.05, 0.1) is 18.9 Å². The van der Waals surface area contributed by atoms with E-state index < -0.39 is 33.0 Å². The molecule has 7 heteroatoms. The van der Waals surface area contributed by atoms with Crippen molar-refractivity contribution in [2.24, 2.45) is 0 Å². The first-order valence-electron chi connectivity index (χ1n) is 14.0. The minimum atomic E-state index is -2.26. The largest absolute Gasteiger partial charge is 0.414 e. The van der Waals surface area contributed by atoms with Gasteiger partial charge in [0.2, 0.25) is 8.32 Å². The zero-order valence-corrected chi connectivity index (χ0v) is 30.8. The average Bonchev–Trinajstić information content (AvgIpc) is 2.69. The van der Waals surface area contributed by atoms with E-state index in [1.165, 1.54) is 0 Å². The van der Waals surface area contributed by atoms with Crippen LogP contribution in [0.15, 0.2) is 0 Å². The van der Waals surface area contributed by atoms with E-state index in [0.29, 0.717) is 0 Å². The Morgan fingerprint density at radius 3 is 1.24 bits per heavy atom. The fraction of sp³-hybridized carbons (Fsp3) is 1.00. The second-order valence-electron chi connectivity index (χ2n) is 14.2. The molecule has 0 saturated carbocycles. The highest BCUT2D eigenvalue weighted by Crippen LogP contribution is 2.58. The molecular formula is C27H64O3Si4. The molecule has 0 N–H and O–H groups in total. The maximum Gasteiger partial charge on any atom is 0.217 e. The molecule has 0 amide bonds. The molecule has 5 atom stereocenters. The summed E-state index contributed by atoms with van der Waals surface area (Å²) < 4.78 is 21.9. The normalized spacial score (nSPS) is 22.8. The minimum Gasteiger partial charge on any atom is -0.414 e. The van der Waals surface area contributed by atoms with Crippen LogP contribution in [0.4, 0.5) is 0 Å². The van der Waals surface area contributed by atoms with Crippen LogP contribution in [0.3, 0.4) is 0 Å². The van der Waals surface area contributed by atoms with E-state index >= 15 is 0 Å². The third-order valence-electron chi connectivity index (χ3n) is 10.1. The van der Waals surface area contributed by atoms with Crippen LogP contribution in [0, 0.1) is 0 Å². The molecule has 206 valence electrons. The smallest absolute Gasteiger partial charge is 0.217 e. The molecule has 3 nitrogen and oxygen atoms in total. The molecule has 0 aliphatic heterocycles. The molecule has 0 aromatic heterocycles. The van der Waals surface area contributed by atoms with Crippen molar-refractivity contribution in [2.45, 2.75) is 174 Å². The van der Waals surface area contributed by atoms with Gasteiger partial charge < -0.3 is 13.3 Å². The van der Waals surface area contributed by atoms with Gasteiger partial charge in [-0.25, -0.2) is 0 Å². The van der Waals surface area contributed by atoms with E-state index in [1.807, 2.05) is 0 Å². The van der Waals surface area contributed by atoms with Crippen LogP contribution >= 0.6 is 0 Å². The van der Waals surface area contributed by atoms with Crippen LogP contribution in [0.25, 0.3) is 0 Å². The molecule has 0 radical (unpaired) electrons. The second-order valence-corrected chi connectivity index (χ2v) is 32.9. The summed E-state index contributed by atoms with van der Waals surface area (Å²) in [6.07, 6.45) is 4.12. The minimum absolute atomic E-state index is 0.0162. The molecule has 0 aromatic rings. The third kappa shape index (κ3) is 6.78. The molecule has 0 fully saturated rings. The fourth-order valence-corrected chi connectivity index (χ4v) is 19.1. The maximum absolute atomic E-state index is 7.52. The van der Waals surface area contributed by atoms with E-state index in [0.717, 1.165) is 31.7 Å². The van der Waals surface area contributed by atoms with E-state index in [-0.39, 0.29) is 21.1 Å². The van der Waals surface area contributed by atoms with Crippen molar-refractivity contribution in [3.8, 4) is 0 Å². The maximum atomic E-state index is 7.52. The molecule has 0 aliphatic carbocycles. The van der Waals surface area contributed by atoms with Crippen LogP contribution in [-0.2, 0) is 13.3 Å². The Hall–Kier alpha value is 0.748. The highest BCUT2D eigenvalue weighted by molar-refractivity contribution is 6.82. The average molecular weight is 549 g/mol. The van der Waals surface area contributed by atoms with Gasteiger partial charge in [-0.15, -0.1) is 0 Å². The first-order valence-corrected chi connectivity index (χ1v) is 26.5. The van der Waals surface area contributed by atoms with Gasteiger partial charge in [0.15, 0.2) is 16.6 Å². The van der Waals surface area contributed by atoms with Gasteiger partial charge in [0.1, 0.15) is 0 Å². The summed E-state index contributed by atoms with van der Waals surface area (Å²) in [6.45, 7) is 42.9. The second kappa shape index (κ2) is 11.2. The SMILES string of the molecule is CCC(C)(O[Si](C)(C)C)[Si](C)(C)O[C@](C)(CC)[C@@](C)(CC)[Si](C)(CC)O[C@](C)(CC)[Si](C)(C)C. The molecule has 0 heterocycles. The van der Waals surface area contributed by atoms with Gasteiger partial charge in [0.25, 0.3) is 0 Å².